The quantitative estimate of drug-likeness (QED) is 0.556. The lowest BCUT2D eigenvalue weighted by molar-refractivity contribution is -0.138. The number of halogens is 3. The average Bonchev–Trinajstić information content (AvgIpc) is 2.72. The zero-order chi connectivity index (χ0) is 20.2. The van der Waals surface area contributed by atoms with Gasteiger partial charge in [0.2, 0.25) is 0 Å². The molecule has 0 radical (unpaired) electrons. The summed E-state index contributed by atoms with van der Waals surface area (Å²) in [6.45, 7) is 0. The van der Waals surface area contributed by atoms with E-state index in [-0.39, 0.29) is 11.3 Å². The Morgan fingerprint density at radius 2 is 1.83 bits per heavy atom. The molecule has 1 N–H and O–H groups in total. The molecule has 6 heteroatoms. The molecule has 1 aromatic heterocycles. The van der Waals surface area contributed by atoms with E-state index >= 15 is 0 Å². The van der Waals surface area contributed by atoms with Crippen LogP contribution in [0.25, 0.3) is 16.5 Å². The molecular formula is C23H17F3N2O. The minimum absolute atomic E-state index is 0.0830. The average molecular weight is 394 g/mol. The molecule has 0 amide bonds. The van der Waals surface area contributed by atoms with E-state index in [1.165, 1.54) is 12.1 Å². The van der Waals surface area contributed by atoms with E-state index in [2.05, 4.69) is 10.3 Å². The van der Waals surface area contributed by atoms with E-state index < -0.39 is 17.8 Å². The van der Waals surface area contributed by atoms with Gasteiger partial charge in [0.25, 0.3) is 0 Å². The first-order chi connectivity index (χ1) is 13.9. The predicted octanol–water partition coefficient (Wildman–Crippen LogP) is 5.93. The highest BCUT2D eigenvalue weighted by atomic mass is 19.4. The number of nitrogens with one attached hydrogen (secondary N) is 1. The van der Waals surface area contributed by atoms with Crippen LogP contribution in [0.3, 0.4) is 0 Å². The summed E-state index contributed by atoms with van der Waals surface area (Å²) in [5.74, 6) is -0.0905. The number of benzene rings is 2. The number of carbonyl (C=O) groups is 1. The van der Waals surface area contributed by atoms with Crippen LogP contribution in [-0.2, 0) is 11.0 Å². The lowest BCUT2D eigenvalue weighted by Crippen LogP contribution is -2.29. The van der Waals surface area contributed by atoms with Gasteiger partial charge < -0.3 is 5.32 Å². The van der Waals surface area contributed by atoms with Crippen molar-refractivity contribution in [3.63, 3.8) is 0 Å². The molecule has 1 unspecified atom stereocenters. The zero-order valence-electron chi connectivity index (χ0n) is 15.4. The van der Waals surface area contributed by atoms with Crippen molar-refractivity contribution in [1.29, 1.82) is 0 Å². The smallest absolute Gasteiger partial charge is 0.373 e. The first-order valence-electron chi connectivity index (χ1n) is 9.52. The Morgan fingerprint density at radius 3 is 2.66 bits per heavy atom. The van der Waals surface area contributed by atoms with Gasteiger partial charge in [-0.25, -0.2) is 0 Å². The fourth-order valence-electron chi connectivity index (χ4n) is 4.52. The first kappa shape index (κ1) is 17.9. The fraction of sp³-hybridized carbons (Fsp3) is 0.217. The topological polar surface area (TPSA) is 42.0 Å². The Morgan fingerprint density at radius 1 is 1.00 bits per heavy atom. The number of aromatic nitrogens is 1. The molecule has 0 fully saturated rings. The second-order valence-corrected chi connectivity index (χ2v) is 7.39. The van der Waals surface area contributed by atoms with Gasteiger partial charge in [-0.1, -0.05) is 24.3 Å². The number of Topliss-reactive ketones (excluding diaryl/α,β-unsaturated/α-hetero) is 1. The van der Waals surface area contributed by atoms with Crippen LogP contribution in [0.15, 0.2) is 60.3 Å². The van der Waals surface area contributed by atoms with Crippen molar-refractivity contribution >= 4 is 27.9 Å². The standard InChI is InChI=1S/C23H17F3N2O/c24-23(25,26)16-8-2-1-5-13(16)22-21-15(6-3-9-19(21)29)20-14-7-4-12-27-17(14)10-11-18(20)28-22/h1-2,4-5,7-8,10-12,22,28H,3,6,9H2. The summed E-state index contributed by atoms with van der Waals surface area (Å²) in [7, 11) is 0. The van der Waals surface area contributed by atoms with Gasteiger partial charge in [0.05, 0.1) is 17.1 Å². The molecule has 0 bridgehead atoms. The molecule has 2 aliphatic rings. The van der Waals surface area contributed by atoms with Gasteiger partial charge in [0, 0.05) is 34.8 Å². The van der Waals surface area contributed by atoms with Gasteiger partial charge in [0.1, 0.15) is 0 Å². The van der Waals surface area contributed by atoms with Crippen LogP contribution in [0.5, 0.6) is 0 Å². The first-order valence-corrected chi connectivity index (χ1v) is 9.52. The van der Waals surface area contributed by atoms with E-state index in [0.29, 0.717) is 24.8 Å². The molecule has 2 aromatic carbocycles. The third kappa shape index (κ3) is 2.82. The molecular weight excluding hydrogens is 377 g/mol. The summed E-state index contributed by atoms with van der Waals surface area (Å²) in [5.41, 5.74) is 3.09. The molecule has 1 aliphatic heterocycles. The molecule has 29 heavy (non-hydrogen) atoms. The SMILES string of the molecule is O=C1CCCC2=C1C(c1ccccc1C(F)(F)F)Nc1ccc3ncccc3c12. The highest BCUT2D eigenvalue weighted by Gasteiger charge is 2.40. The Bertz CT molecular complexity index is 1180. The number of ketones is 1. The minimum Gasteiger partial charge on any atom is -0.373 e. The molecule has 1 aliphatic carbocycles. The number of alkyl halides is 3. The van der Waals surface area contributed by atoms with Crippen LogP contribution in [0.4, 0.5) is 18.9 Å². The van der Waals surface area contributed by atoms with Crippen molar-refractivity contribution in [2.45, 2.75) is 31.5 Å². The Kier molecular flexibility index (Phi) is 3.98. The fourth-order valence-corrected chi connectivity index (χ4v) is 4.52. The highest BCUT2D eigenvalue weighted by molar-refractivity contribution is 6.12. The number of rotatable bonds is 1. The minimum atomic E-state index is -4.50. The number of anilines is 1. The van der Waals surface area contributed by atoms with Gasteiger partial charge in [-0.3, -0.25) is 9.78 Å². The molecule has 0 saturated heterocycles. The molecule has 2 heterocycles. The van der Waals surface area contributed by atoms with Crippen molar-refractivity contribution in [3.8, 4) is 0 Å². The molecule has 3 nitrogen and oxygen atoms in total. The van der Waals surface area contributed by atoms with Crippen LogP contribution in [0.1, 0.15) is 42.0 Å². The highest BCUT2D eigenvalue weighted by Crippen LogP contribution is 2.49. The number of hydrogen-bond acceptors (Lipinski definition) is 3. The summed E-state index contributed by atoms with van der Waals surface area (Å²) in [6.07, 6.45) is -1.08. The summed E-state index contributed by atoms with van der Waals surface area (Å²) >= 11 is 0. The second-order valence-electron chi connectivity index (χ2n) is 7.39. The number of pyridine rings is 1. The monoisotopic (exact) mass is 394 g/mol. The third-order valence-corrected chi connectivity index (χ3v) is 5.71. The van der Waals surface area contributed by atoms with E-state index in [1.807, 2.05) is 24.3 Å². The molecule has 0 saturated carbocycles. The summed E-state index contributed by atoms with van der Waals surface area (Å²) < 4.78 is 41.1. The van der Waals surface area contributed by atoms with E-state index in [0.717, 1.165) is 33.8 Å². The van der Waals surface area contributed by atoms with Gasteiger partial charge in [-0.05, 0) is 48.2 Å². The summed E-state index contributed by atoms with van der Waals surface area (Å²) in [6, 6.07) is 12.1. The van der Waals surface area contributed by atoms with E-state index in [4.69, 9.17) is 0 Å². The summed E-state index contributed by atoms with van der Waals surface area (Å²) in [5, 5.41) is 4.15. The van der Waals surface area contributed by atoms with Crippen molar-refractivity contribution in [2.24, 2.45) is 0 Å². The van der Waals surface area contributed by atoms with E-state index in [1.54, 1.807) is 12.3 Å². The Balaban J connectivity index is 1.79. The van der Waals surface area contributed by atoms with Crippen LogP contribution in [0, 0.1) is 0 Å². The zero-order valence-corrected chi connectivity index (χ0v) is 15.4. The maximum atomic E-state index is 13.7. The van der Waals surface area contributed by atoms with Crippen LogP contribution in [-0.4, -0.2) is 10.8 Å². The lowest BCUT2D eigenvalue weighted by Gasteiger charge is -2.35. The number of carbonyl (C=O) groups excluding carboxylic acids is 1. The van der Waals surface area contributed by atoms with Gasteiger partial charge in [0.15, 0.2) is 5.78 Å². The van der Waals surface area contributed by atoms with Crippen LogP contribution >= 0.6 is 0 Å². The maximum Gasteiger partial charge on any atom is 0.416 e. The molecule has 0 spiro atoms. The normalized spacial score (nSPS) is 19.0. The second kappa shape index (κ2) is 6.44. The number of hydrogen-bond donors (Lipinski definition) is 1. The predicted molar refractivity (Wildman–Crippen MR) is 105 cm³/mol. The van der Waals surface area contributed by atoms with Gasteiger partial charge >= 0.3 is 6.18 Å². The largest absolute Gasteiger partial charge is 0.416 e. The summed E-state index contributed by atoms with van der Waals surface area (Å²) in [4.78, 5) is 17.3. The van der Waals surface area contributed by atoms with Crippen molar-refractivity contribution in [3.05, 3.63) is 77.0 Å². The van der Waals surface area contributed by atoms with Gasteiger partial charge in [-0.15, -0.1) is 0 Å². The number of allylic oxidation sites excluding steroid dienone is 1. The van der Waals surface area contributed by atoms with Crippen LogP contribution < -0.4 is 5.32 Å². The molecule has 146 valence electrons. The van der Waals surface area contributed by atoms with Crippen molar-refractivity contribution in [1.82, 2.24) is 4.98 Å². The van der Waals surface area contributed by atoms with E-state index in [9.17, 15) is 18.0 Å². The number of nitrogens with zero attached hydrogens (tertiary/aromatic N) is 1. The van der Waals surface area contributed by atoms with Crippen molar-refractivity contribution in [2.75, 3.05) is 5.32 Å². The van der Waals surface area contributed by atoms with Gasteiger partial charge in [-0.2, -0.15) is 13.2 Å². The Hall–Kier alpha value is -3.15. The number of fused-ring (bicyclic) bond motifs is 4. The third-order valence-electron chi connectivity index (χ3n) is 5.71. The molecule has 5 rings (SSSR count). The lowest BCUT2D eigenvalue weighted by atomic mass is 9.76. The van der Waals surface area contributed by atoms with Crippen LogP contribution in [0.2, 0.25) is 0 Å². The van der Waals surface area contributed by atoms with Crippen molar-refractivity contribution < 1.29 is 18.0 Å². The molecule has 3 aromatic rings. The Labute approximate surface area is 165 Å². The molecule has 1 atom stereocenters. The maximum absolute atomic E-state index is 13.7.